The van der Waals surface area contributed by atoms with Crippen LogP contribution in [0.15, 0.2) is 41.4 Å². The molecule has 1 heterocycles. The number of sulfone groups is 1. The van der Waals surface area contributed by atoms with Gasteiger partial charge in [-0.25, -0.2) is 8.42 Å². The van der Waals surface area contributed by atoms with Gasteiger partial charge in [0, 0.05) is 6.20 Å². The number of para-hydroxylation sites is 1. The topological polar surface area (TPSA) is 78.0 Å². The van der Waals surface area contributed by atoms with E-state index in [0.29, 0.717) is 11.7 Å². The molecule has 2 N–H and O–H groups in total. The predicted octanol–water partition coefficient (Wildman–Crippen LogP) is 2.55. The number of anilines is 1. The summed E-state index contributed by atoms with van der Waals surface area (Å²) in [5.41, 5.74) is 6.62. The maximum Gasteiger partial charge on any atom is 0.186 e. The molecule has 1 aromatic carbocycles. The highest BCUT2D eigenvalue weighted by Gasteiger charge is 2.21. The second kappa shape index (κ2) is 5.52. The normalized spacial score (nSPS) is 16.4. The van der Waals surface area contributed by atoms with Crippen LogP contribution < -0.4 is 5.73 Å². The molecule has 2 aromatic rings. The van der Waals surface area contributed by atoms with Crippen molar-refractivity contribution in [2.24, 2.45) is 0 Å². The van der Waals surface area contributed by atoms with Gasteiger partial charge in [-0.1, -0.05) is 25.0 Å². The highest BCUT2D eigenvalue weighted by Crippen LogP contribution is 2.29. The minimum absolute atomic E-state index is 0.110. The lowest BCUT2D eigenvalue weighted by atomic mass is 10.3. The van der Waals surface area contributed by atoms with Crippen molar-refractivity contribution in [2.75, 3.05) is 5.73 Å². The predicted molar refractivity (Wildman–Crippen MR) is 81.5 cm³/mol. The van der Waals surface area contributed by atoms with Gasteiger partial charge in [0.15, 0.2) is 9.84 Å². The van der Waals surface area contributed by atoms with Crippen LogP contribution in [0.4, 0.5) is 5.69 Å². The summed E-state index contributed by atoms with van der Waals surface area (Å²) >= 11 is 0. The molecule has 0 unspecified atom stereocenters. The van der Waals surface area contributed by atoms with E-state index in [9.17, 15) is 8.42 Å². The maximum atomic E-state index is 12.4. The third-order valence-corrected chi connectivity index (χ3v) is 5.67. The Morgan fingerprint density at radius 2 is 1.90 bits per heavy atom. The first kappa shape index (κ1) is 14.1. The first-order valence-electron chi connectivity index (χ1n) is 7.17. The molecule has 6 heteroatoms. The van der Waals surface area contributed by atoms with E-state index in [2.05, 4.69) is 5.10 Å². The van der Waals surface area contributed by atoms with Gasteiger partial charge in [-0.3, -0.25) is 4.68 Å². The highest BCUT2D eigenvalue weighted by molar-refractivity contribution is 7.90. The fraction of sp³-hybridized carbons (Fsp3) is 0.400. The molecule has 0 radical (unpaired) electrons. The minimum atomic E-state index is -3.46. The number of hydrogen-bond donors (Lipinski definition) is 1. The molecule has 1 saturated carbocycles. The van der Waals surface area contributed by atoms with Gasteiger partial charge in [0.1, 0.15) is 0 Å². The number of nitrogens with zero attached hydrogens (tertiary/aromatic N) is 2. The zero-order valence-corrected chi connectivity index (χ0v) is 12.6. The Balaban J connectivity index is 1.81. The fourth-order valence-corrected chi connectivity index (χ4v) is 4.27. The van der Waals surface area contributed by atoms with Crippen LogP contribution in [0, 0.1) is 0 Å². The average Bonchev–Trinajstić information content (AvgIpc) is 3.09. The largest absolute Gasteiger partial charge is 0.398 e. The van der Waals surface area contributed by atoms with Crippen LogP contribution >= 0.6 is 0 Å². The molecule has 0 bridgehead atoms. The van der Waals surface area contributed by atoms with Crippen molar-refractivity contribution in [1.82, 2.24) is 9.78 Å². The van der Waals surface area contributed by atoms with E-state index < -0.39 is 9.84 Å². The van der Waals surface area contributed by atoms with E-state index >= 15 is 0 Å². The molecule has 0 aliphatic heterocycles. The summed E-state index contributed by atoms with van der Waals surface area (Å²) in [6.45, 7) is 0. The first-order chi connectivity index (χ1) is 10.1. The molecule has 0 atom stereocenters. The number of rotatable bonds is 4. The Hall–Kier alpha value is -1.82. The summed E-state index contributed by atoms with van der Waals surface area (Å²) in [5, 5.41) is 4.43. The van der Waals surface area contributed by atoms with Crippen LogP contribution in [0.5, 0.6) is 0 Å². The van der Waals surface area contributed by atoms with Gasteiger partial charge < -0.3 is 5.73 Å². The van der Waals surface area contributed by atoms with Crippen molar-refractivity contribution in [2.45, 2.75) is 42.4 Å². The van der Waals surface area contributed by atoms with E-state index in [0.717, 1.165) is 12.8 Å². The molecule has 21 heavy (non-hydrogen) atoms. The summed E-state index contributed by atoms with van der Waals surface area (Å²) in [7, 11) is -3.46. The average molecular weight is 305 g/mol. The summed E-state index contributed by atoms with van der Waals surface area (Å²) in [5.74, 6) is -0.110. The van der Waals surface area contributed by atoms with Crippen molar-refractivity contribution in [3.05, 3.63) is 42.2 Å². The second-order valence-electron chi connectivity index (χ2n) is 5.52. The van der Waals surface area contributed by atoms with Crippen LogP contribution in [0.25, 0.3) is 0 Å². The highest BCUT2D eigenvalue weighted by atomic mass is 32.2. The molecule has 3 rings (SSSR count). The Morgan fingerprint density at radius 1 is 1.19 bits per heavy atom. The van der Waals surface area contributed by atoms with Crippen LogP contribution in [-0.2, 0) is 15.6 Å². The fourth-order valence-electron chi connectivity index (χ4n) is 2.86. The van der Waals surface area contributed by atoms with E-state index in [1.54, 1.807) is 30.3 Å². The standard InChI is InChI=1S/C15H19N3O2S/c16-14-7-3-4-8-15(14)21(19,20)11-12-9-10-18(17-12)13-5-1-2-6-13/h3-4,7-10,13H,1-2,5-6,11,16H2. The smallest absolute Gasteiger partial charge is 0.186 e. The number of aromatic nitrogens is 2. The first-order valence-corrected chi connectivity index (χ1v) is 8.83. The van der Waals surface area contributed by atoms with Crippen LogP contribution in [0.1, 0.15) is 37.4 Å². The van der Waals surface area contributed by atoms with Gasteiger partial charge in [0.25, 0.3) is 0 Å². The minimum Gasteiger partial charge on any atom is -0.398 e. The molecule has 5 nitrogen and oxygen atoms in total. The van der Waals surface area contributed by atoms with E-state index in [1.807, 2.05) is 10.9 Å². The monoisotopic (exact) mass is 305 g/mol. The van der Waals surface area contributed by atoms with E-state index in [4.69, 9.17) is 5.73 Å². The van der Waals surface area contributed by atoms with Gasteiger partial charge in [-0.2, -0.15) is 5.10 Å². The Bertz CT molecular complexity index is 731. The van der Waals surface area contributed by atoms with Crippen molar-refractivity contribution in [3.63, 3.8) is 0 Å². The van der Waals surface area contributed by atoms with Gasteiger partial charge >= 0.3 is 0 Å². The Labute approximate surface area is 124 Å². The van der Waals surface area contributed by atoms with Gasteiger partial charge in [-0.05, 0) is 31.0 Å². The quantitative estimate of drug-likeness (QED) is 0.881. The Morgan fingerprint density at radius 3 is 2.62 bits per heavy atom. The van der Waals surface area contributed by atoms with Crippen LogP contribution in [-0.4, -0.2) is 18.2 Å². The van der Waals surface area contributed by atoms with Gasteiger partial charge in [0.05, 0.1) is 28.1 Å². The summed E-state index contributed by atoms with van der Waals surface area (Å²) < 4.78 is 26.8. The molecule has 1 aliphatic carbocycles. The number of nitrogen functional groups attached to an aromatic ring is 1. The molecule has 1 aliphatic rings. The molecule has 0 saturated heterocycles. The second-order valence-corrected chi connectivity index (χ2v) is 7.48. The lowest BCUT2D eigenvalue weighted by Crippen LogP contribution is -2.10. The van der Waals surface area contributed by atoms with Crippen molar-refractivity contribution < 1.29 is 8.42 Å². The summed E-state index contributed by atoms with van der Waals surface area (Å²) in [4.78, 5) is 0.181. The zero-order valence-electron chi connectivity index (χ0n) is 11.8. The lowest BCUT2D eigenvalue weighted by Gasteiger charge is -2.09. The molecular formula is C15H19N3O2S. The molecule has 0 amide bonds. The molecular weight excluding hydrogens is 286 g/mol. The van der Waals surface area contributed by atoms with Crippen molar-refractivity contribution in [1.29, 1.82) is 0 Å². The maximum absolute atomic E-state index is 12.4. The van der Waals surface area contributed by atoms with E-state index in [-0.39, 0.29) is 16.3 Å². The van der Waals surface area contributed by atoms with Crippen molar-refractivity contribution in [3.8, 4) is 0 Å². The third-order valence-electron chi connectivity index (χ3n) is 3.95. The SMILES string of the molecule is Nc1ccccc1S(=O)(=O)Cc1ccn(C2CCCC2)n1. The molecule has 1 fully saturated rings. The van der Waals surface area contributed by atoms with Crippen molar-refractivity contribution >= 4 is 15.5 Å². The number of benzene rings is 1. The molecule has 1 aromatic heterocycles. The Kier molecular flexibility index (Phi) is 3.71. The zero-order chi connectivity index (χ0) is 14.9. The van der Waals surface area contributed by atoms with Gasteiger partial charge in [0.2, 0.25) is 0 Å². The summed E-state index contributed by atoms with van der Waals surface area (Å²) in [6, 6.07) is 8.75. The third kappa shape index (κ3) is 2.95. The molecule has 0 spiro atoms. The van der Waals surface area contributed by atoms with Crippen LogP contribution in [0.3, 0.4) is 0 Å². The lowest BCUT2D eigenvalue weighted by molar-refractivity contribution is 0.464. The van der Waals surface area contributed by atoms with E-state index in [1.165, 1.54) is 12.8 Å². The number of nitrogens with two attached hydrogens (primary N) is 1. The van der Waals surface area contributed by atoms with Gasteiger partial charge in [-0.15, -0.1) is 0 Å². The summed E-state index contributed by atoms with van der Waals surface area (Å²) in [6.07, 6.45) is 6.58. The molecule has 112 valence electrons. The number of hydrogen-bond acceptors (Lipinski definition) is 4. The van der Waals surface area contributed by atoms with Crippen LogP contribution in [0.2, 0.25) is 0 Å².